The molecule has 1 aromatic heterocycles. The van der Waals surface area contributed by atoms with E-state index in [9.17, 15) is 14.4 Å². The number of nitrogens with one attached hydrogen (secondary N) is 1. The maximum atomic E-state index is 12.5. The highest BCUT2D eigenvalue weighted by Gasteiger charge is 2.36. The molecule has 2 aromatic rings. The minimum atomic E-state index is -0.464. The van der Waals surface area contributed by atoms with E-state index >= 15 is 0 Å². The Kier molecular flexibility index (Phi) is 5.36. The smallest absolute Gasteiger partial charge is 0.294 e. The normalized spacial score (nSPS) is 15.5. The van der Waals surface area contributed by atoms with E-state index < -0.39 is 17.1 Å². The number of thioether (sulfide) groups is 1. The van der Waals surface area contributed by atoms with Crippen molar-refractivity contribution in [1.29, 1.82) is 0 Å². The van der Waals surface area contributed by atoms with Crippen LogP contribution in [-0.4, -0.2) is 40.2 Å². The number of aromatic nitrogens is 1. The molecule has 0 unspecified atom stereocenters. The van der Waals surface area contributed by atoms with Crippen molar-refractivity contribution in [2.24, 2.45) is 7.05 Å². The summed E-state index contributed by atoms with van der Waals surface area (Å²) in [5.41, 5.74) is 2.42. The number of benzene rings is 1. The summed E-state index contributed by atoms with van der Waals surface area (Å²) in [7, 11) is 3.44. The van der Waals surface area contributed by atoms with Crippen LogP contribution < -0.4 is 10.1 Å². The van der Waals surface area contributed by atoms with Crippen LogP contribution in [0.25, 0.3) is 6.08 Å². The van der Waals surface area contributed by atoms with Gasteiger partial charge < -0.3 is 14.6 Å². The second kappa shape index (κ2) is 7.71. The number of ether oxygens (including phenoxy) is 1. The highest BCUT2D eigenvalue weighted by Crippen LogP contribution is 2.32. The van der Waals surface area contributed by atoms with Crippen molar-refractivity contribution in [3.63, 3.8) is 0 Å². The monoisotopic (exact) mass is 385 g/mol. The van der Waals surface area contributed by atoms with Crippen LogP contribution in [0.5, 0.6) is 5.75 Å². The zero-order valence-electron chi connectivity index (χ0n) is 15.2. The molecule has 0 spiro atoms. The maximum Gasteiger partial charge on any atom is 0.294 e. The van der Waals surface area contributed by atoms with Crippen molar-refractivity contribution in [3.8, 4) is 5.75 Å². The van der Waals surface area contributed by atoms with Gasteiger partial charge in [-0.05, 0) is 61.2 Å². The first-order chi connectivity index (χ1) is 12.9. The number of aryl methyl sites for hydroxylation is 1. The molecule has 0 saturated carbocycles. The number of methoxy groups -OCH3 is 1. The zero-order chi connectivity index (χ0) is 19.6. The largest absolute Gasteiger partial charge is 0.497 e. The first-order valence-corrected chi connectivity index (χ1v) is 9.02. The van der Waals surface area contributed by atoms with Gasteiger partial charge in [0, 0.05) is 24.1 Å². The van der Waals surface area contributed by atoms with E-state index in [1.54, 1.807) is 37.5 Å². The lowest BCUT2D eigenvalue weighted by molar-refractivity contribution is -0.127. The van der Waals surface area contributed by atoms with Crippen LogP contribution in [-0.2, 0) is 16.6 Å². The van der Waals surface area contributed by atoms with E-state index in [4.69, 9.17) is 4.74 Å². The van der Waals surface area contributed by atoms with E-state index in [-0.39, 0.29) is 6.54 Å². The molecule has 1 N–H and O–H groups in total. The van der Waals surface area contributed by atoms with Crippen LogP contribution in [0.1, 0.15) is 11.4 Å². The van der Waals surface area contributed by atoms with Gasteiger partial charge in [0.15, 0.2) is 0 Å². The number of imide groups is 1. The van der Waals surface area contributed by atoms with E-state index in [0.29, 0.717) is 16.3 Å². The average Bonchev–Trinajstić information content (AvgIpc) is 3.10. The molecule has 140 valence electrons. The van der Waals surface area contributed by atoms with Crippen LogP contribution in [0.2, 0.25) is 0 Å². The lowest BCUT2D eigenvalue weighted by Crippen LogP contribution is -2.36. The molecule has 0 radical (unpaired) electrons. The molecule has 3 amide bonds. The van der Waals surface area contributed by atoms with E-state index in [0.717, 1.165) is 28.0 Å². The molecule has 1 aliphatic rings. The van der Waals surface area contributed by atoms with Gasteiger partial charge >= 0.3 is 0 Å². The molecule has 0 bridgehead atoms. The molecule has 0 atom stereocenters. The first-order valence-electron chi connectivity index (χ1n) is 8.20. The molecule has 7 nitrogen and oxygen atoms in total. The molecular weight excluding hydrogens is 366 g/mol. The number of rotatable bonds is 5. The second-order valence-corrected chi connectivity index (χ2v) is 7.00. The minimum absolute atomic E-state index is 0.304. The number of anilines is 1. The molecule has 1 aliphatic heterocycles. The Morgan fingerprint density at radius 3 is 2.48 bits per heavy atom. The lowest BCUT2D eigenvalue weighted by atomic mass is 10.3. The standard InChI is InChI=1S/C19H19N3O4S/c1-12-4-7-14(21(12)2)10-16-18(24)22(19(25)27-16)11-17(23)20-13-5-8-15(26-3)9-6-13/h4-10H,11H2,1-3H3,(H,20,23)/b16-10-. The molecule has 0 aliphatic carbocycles. The minimum Gasteiger partial charge on any atom is -0.497 e. The Morgan fingerprint density at radius 2 is 1.89 bits per heavy atom. The summed E-state index contributed by atoms with van der Waals surface area (Å²) in [6, 6.07) is 10.6. The fourth-order valence-corrected chi connectivity index (χ4v) is 3.39. The molecule has 8 heteroatoms. The van der Waals surface area contributed by atoms with Gasteiger partial charge in [0.05, 0.1) is 12.0 Å². The summed E-state index contributed by atoms with van der Waals surface area (Å²) in [6.07, 6.45) is 1.67. The zero-order valence-corrected chi connectivity index (χ0v) is 16.0. The van der Waals surface area contributed by atoms with Crippen LogP contribution in [0.3, 0.4) is 0 Å². The Bertz CT molecular complexity index is 931. The molecule has 1 fully saturated rings. The summed E-state index contributed by atoms with van der Waals surface area (Å²) in [6.45, 7) is 1.62. The van der Waals surface area contributed by atoms with Crippen molar-refractivity contribution >= 4 is 40.6 Å². The summed E-state index contributed by atoms with van der Waals surface area (Å²) < 4.78 is 6.98. The van der Waals surface area contributed by atoms with E-state index in [2.05, 4.69) is 5.32 Å². The third kappa shape index (κ3) is 4.06. The highest BCUT2D eigenvalue weighted by atomic mass is 32.2. The molecule has 2 heterocycles. The lowest BCUT2D eigenvalue weighted by Gasteiger charge is -2.12. The molecule has 3 rings (SSSR count). The van der Waals surface area contributed by atoms with Crippen molar-refractivity contribution in [2.45, 2.75) is 6.92 Å². The quantitative estimate of drug-likeness (QED) is 0.801. The van der Waals surface area contributed by atoms with Crippen molar-refractivity contribution < 1.29 is 19.1 Å². The van der Waals surface area contributed by atoms with Crippen LogP contribution >= 0.6 is 11.8 Å². The molecule has 1 aromatic carbocycles. The third-order valence-electron chi connectivity index (χ3n) is 4.24. The Balaban J connectivity index is 1.67. The van der Waals surface area contributed by atoms with Gasteiger partial charge in [0.25, 0.3) is 11.1 Å². The predicted molar refractivity (Wildman–Crippen MR) is 104 cm³/mol. The SMILES string of the molecule is COc1ccc(NC(=O)CN2C(=O)S/C(=C\c3ccc(C)n3C)C2=O)cc1. The first kappa shape index (κ1) is 18.8. The van der Waals surface area contributed by atoms with Crippen LogP contribution in [0, 0.1) is 6.92 Å². The Labute approximate surface area is 161 Å². The molecular formula is C19H19N3O4S. The summed E-state index contributed by atoms with van der Waals surface area (Å²) in [5, 5.41) is 2.21. The maximum absolute atomic E-state index is 12.5. The number of hydrogen-bond donors (Lipinski definition) is 1. The van der Waals surface area contributed by atoms with Crippen LogP contribution in [0.15, 0.2) is 41.3 Å². The van der Waals surface area contributed by atoms with Gasteiger partial charge in [0.2, 0.25) is 5.91 Å². The van der Waals surface area contributed by atoms with Gasteiger partial charge in [-0.3, -0.25) is 19.3 Å². The van der Waals surface area contributed by atoms with Gasteiger partial charge in [-0.25, -0.2) is 0 Å². The number of carbonyl (C=O) groups excluding carboxylic acids is 3. The summed E-state index contributed by atoms with van der Waals surface area (Å²) in [5.74, 6) is -0.243. The third-order valence-corrected chi connectivity index (χ3v) is 5.15. The fourth-order valence-electron chi connectivity index (χ4n) is 2.57. The van der Waals surface area contributed by atoms with Crippen LogP contribution in [0.4, 0.5) is 10.5 Å². The average molecular weight is 385 g/mol. The van der Waals surface area contributed by atoms with Gasteiger partial charge in [0.1, 0.15) is 12.3 Å². The topological polar surface area (TPSA) is 80.6 Å². The van der Waals surface area contributed by atoms with Gasteiger partial charge in [-0.2, -0.15) is 0 Å². The molecule has 27 heavy (non-hydrogen) atoms. The van der Waals surface area contributed by atoms with Crippen molar-refractivity contribution in [3.05, 3.63) is 52.7 Å². The Hall–Kier alpha value is -3.00. The summed E-state index contributed by atoms with van der Waals surface area (Å²) in [4.78, 5) is 38.2. The van der Waals surface area contributed by atoms with E-state index in [1.807, 2.05) is 30.7 Å². The van der Waals surface area contributed by atoms with Gasteiger partial charge in [-0.15, -0.1) is 0 Å². The second-order valence-electron chi connectivity index (χ2n) is 6.00. The van der Waals surface area contributed by atoms with Gasteiger partial charge in [-0.1, -0.05) is 0 Å². The van der Waals surface area contributed by atoms with E-state index in [1.165, 1.54) is 0 Å². The predicted octanol–water partition coefficient (Wildman–Crippen LogP) is 3.02. The number of hydrogen-bond acceptors (Lipinski definition) is 5. The summed E-state index contributed by atoms with van der Waals surface area (Å²) >= 11 is 0.836. The fraction of sp³-hybridized carbons (Fsp3) is 0.211. The number of nitrogens with zero attached hydrogens (tertiary/aromatic N) is 2. The Morgan fingerprint density at radius 1 is 1.19 bits per heavy atom. The molecule has 1 saturated heterocycles. The van der Waals surface area contributed by atoms with Crippen molar-refractivity contribution in [1.82, 2.24) is 9.47 Å². The number of carbonyl (C=O) groups is 3. The van der Waals surface area contributed by atoms with Crippen molar-refractivity contribution in [2.75, 3.05) is 19.0 Å². The highest BCUT2D eigenvalue weighted by molar-refractivity contribution is 8.18. The number of amides is 3.